The normalized spacial score (nSPS) is 18.6. The fourth-order valence-corrected chi connectivity index (χ4v) is 2.84. The summed E-state index contributed by atoms with van der Waals surface area (Å²) in [4.78, 5) is 4.42. The largest absolute Gasteiger partial charge is 0.378 e. The maximum Gasteiger partial charge on any atom is 0.260 e. The number of benzene rings is 1. The molecule has 1 aliphatic carbocycles. The van der Waals surface area contributed by atoms with Crippen LogP contribution in [0.1, 0.15) is 67.8 Å². The highest BCUT2D eigenvalue weighted by Gasteiger charge is 2.23. The van der Waals surface area contributed by atoms with Gasteiger partial charge in [-0.1, -0.05) is 61.2 Å². The highest BCUT2D eigenvalue weighted by atomic mass is 16.5. The molecule has 0 bridgehead atoms. The van der Waals surface area contributed by atoms with Crippen LogP contribution in [0.3, 0.4) is 0 Å². The Hall–Kier alpha value is -1.68. The Morgan fingerprint density at radius 2 is 1.75 bits per heavy atom. The predicted molar refractivity (Wildman–Crippen MR) is 75.2 cm³/mol. The van der Waals surface area contributed by atoms with E-state index in [1.54, 1.807) is 0 Å². The number of aromatic nitrogens is 2. The van der Waals surface area contributed by atoms with Gasteiger partial charge in [0, 0.05) is 5.92 Å². The van der Waals surface area contributed by atoms with Crippen molar-refractivity contribution in [2.24, 2.45) is 0 Å². The van der Waals surface area contributed by atoms with Crippen molar-refractivity contribution >= 4 is 0 Å². The fourth-order valence-electron chi connectivity index (χ4n) is 2.84. The minimum Gasteiger partial charge on any atom is -0.378 e. The molecule has 1 saturated carbocycles. The van der Waals surface area contributed by atoms with Gasteiger partial charge in [0.05, 0.1) is 0 Å². The molecule has 1 aromatic carbocycles. The molecule has 1 heterocycles. The lowest BCUT2D eigenvalue weighted by Crippen LogP contribution is -2.02. The topological polar surface area (TPSA) is 59.2 Å². The number of aliphatic hydroxyl groups is 1. The number of aliphatic hydroxyl groups excluding tert-OH is 1. The van der Waals surface area contributed by atoms with Gasteiger partial charge in [-0.3, -0.25) is 0 Å². The van der Waals surface area contributed by atoms with Gasteiger partial charge in [0.25, 0.3) is 5.89 Å². The van der Waals surface area contributed by atoms with Crippen LogP contribution in [-0.2, 0) is 0 Å². The number of hydrogen-bond acceptors (Lipinski definition) is 4. The zero-order valence-corrected chi connectivity index (χ0v) is 11.5. The summed E-state index contributed by atoms with van der Waals surface area (Å²) in [6.45, 7) is 0. The highest BCUT2D eigenvalue weighted by molar-refractivity contribution is 5.21. The van der Waals surface area contributed by atoms with E-state index in [9.17, 15) is 5.11 Å². The van der Waals surface area contributed by atoms with Crippen molar-refractivity contribution in [3.05, 3.63) is 47.6 Å². The Morgan fingerprint density at radius 3 is 2.45 bits per heavy atom. The lowest BCUT2D eigenvalue weighted by Gasteiger charge is -2.08. The van der Waals surface area contributed by atoms with E-state index in [0.717, 1.165) is 24.2 Å². The van der Waals surface area contributed by atoms with E-state index in [1.807, 2.05) is 30.3 Å². The van der Waals surface area contributed by atoms with Crippen LogP contribution in [0.5, 0.6) is 0 Å². The smallest absolute Gasteiger partial charge is 0.260 e. The molecule has 1 aromatic heterocycles. The van der Waals surface area contributed by atoms with E-state index in [4.69, 9.17) is 4.52 Å². The van der Waals surface area contributed by atoms with E-state index in [2.05, 4.69) is 10.1 Å². The molecule has 2 aromatic rings. The first kappa shape index (κ1) is 13.3. The van der Waals surface area contributed by atoms with E-state index in [1.165, 1.54) is 25.7 Å². The van der Waals surface area contributed by atoms with Gasteiger partial charge in [0.1, 0.15) is 0 Å². The van der Waals surface area contributed by atoms with Gasteiger partial charge in [0.15, 0.2) is 11.9 Å². The lowest BCUT2D eigenvalue weighted by molar-refractivity contribution is 0.170. The third-order valence-corrected chi connectivity index (χ3v) is 4.03. The third-order valence-electron chi connectivity index (χ3n) is 4.03. The second-order valence-electron chi connectivity index (χ2n) is 5.49. The first-order valence-electron chi connectivity index (χ1n) is 7.41. The number of nitrogens with zero attached hydrogens (tertiary/aromatic N) is 2. The monoisotopic (exact) mass is 272 g/mol. The van der Waals surface area contributed by atoms with Gasteiger partial charge in [-0.05, 0) is 18.4 Å². The Kier molecular flexibility index (Phi) is 4.11. The van der Waals surface area contributed by atoms with Crippen molar-refractivity contribution in [2.75, 3.05) is 0 Å². The van der Waals surface area contributed by atoms with Crippen LogP contribution in [0.15, 0.2) is 34.9 Å². The predicted octanol–water partition coefficient (Wildman–Crippen LogP) is 3.59. The van der Waals surface area contributed by atoms with E-state index >= 15 is 0 Å². The molecule has 0 aliphatic heterocycles. The summed E-state index contributed by atoms with van der Waals surface area (Å²) >= 11 is 0. The van der Waals surface area contributed by atoms with Crippen molar-refractivity contribution in [2.45, 2.75) is 50.5 Å². The Morgan fingerprint density at radius 1 is 1.05 bits per heavy atom. The minimum atomic E-state index is -0.830. The molecule has 0 spiro atoms. The van der Waals surface area contributed by atoms with Crippen molar-refractivity contribution < 1.29 is 9.63 Å². The van der Waals surface area contributed by atoms with Gasteiger partial charge < -0.3 is 9.63 Å². The molecule has 1 fully saturated rings. The summed E-state index contributed by atoms with van der Waals surface area (Å²) in [5, 5.41) is 14.3. The van der Waals surface area contributed by atoms with Gasteiger partial charge in [-0.15, -0.1) is 0 Å². The van der Waals surface area contributed by atoms with Gasteiger partial charge in [0.2, 0.25) is 0 Å². The molecule has 1 unspecified atom stereocenters. The molecular weight excluding hydrogens is 252 g/mol. The Bertz CT molecular complexity index is 530. The van der Waals surface area contributed by atoms with E-state index in [0.29, 0.717) is 11.8 Å². The number of rotatable bonds is 3. The van der Waals surface area contributed by atoms with Crippen molar-refractivity contribution in [3.63, 3.8) is 0 Å². The summed E-state index contributed by atoms with van der Waals surface area (Å²) in [6.07, 6.45) is 6.48. The standard InChI is InChI=1S/C16H20N2O2/c19-14(12-8-6-3-7-9-12)16-17-15(18-20-16)13-10-4-1-2-5-11-13/h3,6-9,13-14,19H,1-2,4-5,10-11H2. The zero-order chi connectivity index (χ0) is 13.8. The maximum atomic E-state index is 10.3. The van der Waals surface area contributed by atoms with E-state index in [-0.39, 0.29) is 0 Å². The van der Waals surface area contributed by atoms with Crippen LogP contribution >= 0.6 is 0 Å². The quantitative estimate of drug-likeness (QED) is 0.867. The zero-order valence-electron chi connectivity index (χ0n) is 11.5. The summed E-state index contributed by atoms with van der Waals surface area (Å²) in [5.74, 6) is 1.45. The van der Waals surface area contributed by atoms with Crippen molar-refractivity contribution in [1.29, 1.82) is 0 Å². The molecule has 20 heavy (non-hydrogen) atoms. The summed E-state index contributed by atoms with van der Waals surface area (Å²) < 4.78 is 5.26. The van der Waals surface area contributed by atoms with Crippen LogP contribution < -0.4 is 0 Å². The van der Waals surface area contributed by atoms with Gasteiger partial charge in [-0.2, -0.15) is 4.98 Å². The molecule has 1 N–H and O–H groups in total. The maximum absolute atomic E-state index is 10.3. The van der Waals surface area contributed by atoms with Crippen molar-refractivity contribution in [1.82, 2.24) is 10.1 Å². The first-order valence-corrected chi connectivity index (χ1v) is 7.41. The average Bonchev–Trinajstić information content (AvgIpc) is 2.83. The minimum absolute atomic E-state index is 0.301. The lowest BCUT2D eigenvalue weighted by atomic mass is 10.00. The molecule has 1 atom stereocenters. The fraction of sp³-hybridized carbons (Fsp3) is 0.500. The van der Waals surface area contributed by atoms with Crippen LogP contribution in [0, 0.1) is 0 Å². The summed E-state index contributed by atoms with van der Waals surface area (Å²) in [6, 6.07) is 9.42. The Labute approximate surface area is 118 Å². The van der Waals surface area contributed by atoms with Gasteiger partial charge >= 0.3 is 0 Å². The molecule has 106 valence electrons. The first-order chi connectivity index (χ1) is 9.84. The molecule has 0 amide bonds. The summed E-state index contributed by atoms with van der Waals surface area (Å²) in [7, 11) is 0. The van der Waals surface area contributed by atoms with Gasteiger partial charge in [-0.25, -0.2) is 0 Å². The van der Waals surface area contributed by atoms with Crippen LogP contribution in [0.25, 0.3) is 0 Å². The molecular formula is C16H20N2O2. The molecule has 1 aliphatic rings. The molecule has 0 radical (unpaired) electrons. The molecule has 0 saturated heterocycles. The second kappa shape index (κ2) is 6.18. The second-order valence-corrected chi connectivity index (χ2v) is 5.49. The SMILES string of the molecule is OC(c1ccccc1)c1nc(C2CCCCCC2)no1. The Balaban J connectivity index is 1.76. The molecule has 4 nitrogen and oxygen atoms in total. The third kappa shape index (κ3) is 2.90. The van der Waals surface area contributed by atoms with E-state index < -0.39 is 6.10 Å². The summed E-state index contributed by atoms with van der Waals surface area (Å²) in [5.41, 5.74) is 0.781. The van der Waals surface area contributed by atoms with Crippen molar-refractivity contribution in [3.8, 4) is 0 Å². The van der Waals surface area contributed by atoms with Crippen LogP contribution in [0.2, 0.25) is 0 Å². The molecule has 3 rings (SSSR count). The average molecular weight is 272 g/mol. The number of hydrogen-bond donors (Lipinski definition) is 1. The van der Waals surface area contributed by atoms with Crippen LogP contribution in [-0.4, -0.2) is 15.2 Å². The highest BCUT2D eigenvalue weighted by Crippen LogP contribution is 2.31. The van der Waals surface area contributed by atoms with Crippen LogP contribution in [0.4, 0.5) is 0 Å². The molecule has 4 heteroatoms.